The van der Waals surface area contributed by atoms with Crippen LogP contribution in [-0.4, -0.2) is 52.2 Å². The second-order valence-corrected chi connectivity index (χ2v) is 6.26. The van der Waals surface area contributed by atoms with Gasteiger partial charge in [0, 0.05) is 0 Å². The van der Waals surface area contributed by atoms with Crippen LogP contribution in [0.2, 0.25) is 0 Å². The Kier molecular flexibility index (Phi) is 5.11. The van der Waals surface area contributed by atoms with Crippen LogP contribution in [0.1, 0.15) is 5.56 Å². The molecule has 7 heteroatoms. The molecule has 0 aliphatic carbocycles. The Labute approximate surface area is 118 Å². The second kappa shape index (κ2) is 6.64. The predicted molar refractivity (Wildman–Crippen MR) is 70.9 cm³/mol. The van der Waals surface area contributed by atoms with E-state index in [1.807, 2.05) is 6.92 Å². The van der Waals surface area contributed by atoms with E-state index >= 15 is 0 Å². The van der Waals surface area contributed by atoms with E-state index < -0.39 is 16.2 Å². The van der Waals surface area contributed by atoms with Crippen LogP contribution in [-0.2, 0) is 23.8 Å². The summed E-state index contributed by atoms with van der Waals surface area (Å²) in [5.41, 5.74) is 0.975. The number of rotatable bonds is 5. The standard InChI is InChI=1S/C13H18O6S/c1-10-2-4-13(5-3-10)20(15,16)19-9-12-8-17-11(6-14)7-18-12/h2-5,11-12,14H,6-9H2,1H3. The molecule has 1 N–H and O–H groups in total. The van der Waals surface area contributed by atoms with Crippen molar-refractivity contribution in [3.05, 3.63) is 29.8 Å². The third kappa shape index (κ3) is 4.00. The first-order valence-electron chi connectivity index (χ1n) is 6.31. The van der Waals surface area contributed by atoms with Crippen molar-refractivity contribution < 1.29 is 27.2 Å². The number of ether oxygens (including phenoxy) is 2. The van der Waals surface area contributed by atoms with Gasteiger partial charge in [0.1, 0.15) is 12.2 Å². The first kappa shape index (κ1) is 15.4. The van der Waals surface area contributed by atoms with Crippen molar-refractivity contribution in [3.8, 4) is 0 Å². The molecule has 1 aromatic carbocycles. The third-order valence-corrected chi connectivity index (χ3v) is 4.25. The highest BCUT2D eigenvalue weighted by molar-refractivity contribution is 7.86. The zero-order chi connectivity index (χ0) is 14.6. The van der Waals surface area contributed by atoms with E-state index in [0.717, 1.165) is 5.56 Å². The molecule has 1 aliphatic rings. The first-order valence-corrected chi connectivity index (χ1v) is 7.72. The van der Waals surface area contributed by atoms with Gasteiger partial charge in [0.05, 0.1) is 31.3 Å². The number of hydrogen-bond acceptors (Lipinski definition) is 6. The number of hydrogen-bond donors (Lipinski definition) is 1. The lowest BCUT2D eigenvalue weighted by Crippen LogP contribution is -2.40. The predicted octanol–water partition coefficient (Wildman–Crippen LogP) is 0.477. The topological polar surface area (TPSA) is 82.1 Å². The van der Waals surface area contributed by atoms with Gasteiger partial charge in [-0.15, -0.1) is 0 Å². The van der Waals surface area contributed by atoms with Crippen LogP contribution in [0.15, 0.2) is 29.2 Å². The summed E-state index contributed by atoms with van der Waals surface area (Å²) in [6.45, 7) is 2.09. The van der Waals surface area contributed by atoms with Crippen LogP contribution in [0.25, 0.3) is 0 Å². The van der Waals surface area contributed by atoms with Gasteiger partial charge in [-0.3, -0.25) is 4.18 Å². The van der Waals surface area contributed by atoms with Crippen molar-refractivity contribution in [1.82, 2.24) is 0 Å². The molecule has 0 saturated carbocycles. The minimum atomic E-state index is -3.78. The second-order valence-electron chi connectivity index (χ2n) is 4.64. The van der Waals surface area contributed by atoms with Gasteiger partial charge in [0.25, 0.3) is 10.1 Å². The number of benzene rings is 1. The maximum absolute atomic E-state index is 11.9. The summed E-state index contributed by atoms with van der Waals surface area (Å²) in [6, 6.07) is 6.43. The molecule has 2 rings (SSSR count). The van der Waals surface area contributed by atoms with Crippen molar-refractivity contribution in [3.63, 3.8) is 0 Å². The van der Waals surface area contributed by atoms with Gasteiger partial charge in [0.15, 0.2) is 0 Å². The summed E-state index contributed by atoms with van der Waals surface area (Å²) in [5.74, 6) is 0. The van der Waals surface area contributed by atoms with Gasteiger partial charge in [-0.1, -0.05) is 17.7 Å². The van der Waals surface area contributed by atoms with Crippen molar-refractivity contribution >= 4 is 10.1 Å². The molecule has 1 heterocycles. The molecule has 0 amide bonds. The van der Waals surface area contributed by atoms with E-state index in [2.05, 4.69) is 0 Å². The van der Waals surface area contributed by atoms with E-state index in [1.165, 1.54) is 12.1 Å². The molecular weight excluding hydrogens is 284 g/mol. The highest BCUT2D eigenvalue weighted by atomic mass is 32.2. The molecule has 0 radical (unpaired) electrons. The fourth-order valence-electron chi connectivity index (χ4n) is 1.72. The Morgan fingerprint density at radius 2 is 1.80 bits per heavy atom. The van der Waals surface area contributed by atoms with E-state index in [9.17, 15) is 8.42 Å². The maximum Gasteiger partial charge on any atom is 0.297 e. The lowest BCUT2D eigenvalue weighted by molar-refractivity contribution is -0.152. The van der Waals surface area contributed by atoms with Gasteiger partial charge >= 0.3 is 0 Å². The summed E-state index contributed by atoms with van der Waals surface area (Å²) in [7, 11) is -3.78. The largest absolute Gasteiger partial charge is 0.394 e. The number of aliphatic hydroxyl groups is 1. The average molecular weight is 302 g/mol. The number of aliphatic hydroxyl groups excluding tert-OH is 1. The van der Waals surface area contributed by atoms with Crippen molar-refractivity contribution in [2.24, 2.45) is 0 Å². The highest BCUT2D eigenvalue weighted by Crippen LogP contribution is 2.15. The molecule has 1 fully saturated rings. The van der Waals surface area contributed by atoms with Gasteiger partial charge in [-0.05, 0) is 19.1 Å². The SMILES string of the molecule is Cc1ccc(S(=O)(=O)OCC2COC(CO)CO2)cc1. The van der Waals surface area contributed by atoms with Crippen molar-refractivity contribution in [2.75, 3.05) is 26.4 Å². The Balaban J connectivity index is 1.88. The molecule has 1 aromatic rings. The summed E-state index contributed by atoms with van der Waals surface area (Å²) >= 11 is 0. The average Bonchev–Trinajstić information content (AvgIpc) is 2.46. The molecule has 0 spiro atoms. The van der Waals surface area contributed by atoms with Crippen LogP contribution in [0.3, 0.4) is 0 Å². The molecule has 6 nitrogen and oxygen atoms in total. The summed E-state index contributed by atoms with van der Waals surface area (Å²) < 4.78 is 39.5. The zero-order valence-corrected chi connectivity index (χ0v) is 12.0. The number of aryl methyl sites for hydroxylation is 1. The van der Waals surface area contributed by atoms with Crippen LogP contribution < -0.4 is 0 Å². The molecular formula is C13H18O6S. The van der Waals surface area contributed by atoms with Gasteiger partial charge in [-0.25, -0.2) is 0 Å². The Morgan fingerprint density at radius 1 is 1.20 bits per heavy atom. The van der Waals surface area contributed by atoms with E-state index in [0.29, 0.717) is 0 Å². The molecule has 0 aromatic heterocycles. The molecule has 20 heavy (non-hydrogen) atoms. The zero-order valence-electron chi connectivity index (χ0n) is 11.2. The smallest absolute Gasteiger partial charge is 0.297 e. The highest BCUT2D eigenvalue weighted by Gasteiger charge is 2.24. The molecule has 2 atom stereocenters. The lowest BCUT2D eigenvalue weighted by atomic mass is 10.2. The van der Waals surface area contributed by atoms with Gasteiger partial charge < -0.3 is 14.6 Å². The first-order chi connectivity index (χ1) is 9.51. The maximum atomic E-state index is 11.9. The van der Waals surface area contributed by atoms with E-state index in [1.54, 1.807) is 12.1 Å². The van der Waals surface area contributed by atoms with Crippen LogP contribution >= 0.6 is 0 Å². The molecule has 0 bridgehead atoms. The minimum absolute atomic E-state index is 0.103. The summed E-state index contributed by atoms with van der Waals surface area (Å²) in [4.78, 5) is 0.119. The monoisotopic (exact) mass is 302 g/mol. The van der Waals surface area contributed by atoms with Gasteiger partial charge in [-0.2, -0.15) is 8.42 Å². The van der Waals surface area contributed by atoms with Gasteiger partial charge in [0.2, 0.25) is 0 Å². The summed E-state index contributed by atoms with van der Waals surface area (Å²) in [6.07, 6.45) is -0.794. The van der Waals surface area contributed by atoms with Crippen LogP contribution in [0.4, 0.5) is 0 Å². The normalized spacial score (nSPS) is 23.7. The molecule has 2 unspecified atom stereocenters. The lowest BCUT2D eigenvalue weighted by Gasteiger charge is -2.28. The van der Waals surface area contributed by atoms with E-state index in [-0.39, 0.29) is 37.4 Å². The molecule has 1 saturated heterocycles. The quantitative estimate of drug-likeness (QED) is 0.797. The van der Waals surface area contributed by atoms with Crippen molar-refractivity contribution in [1.29, 1.82) is 0 Å². The fraction of sp³-hybridized carbons (Fsp3) is 0.538. The Hall–Kier alpha value is -0.990. The fourth-order valence-corrected chi connectivity index (χ4v) is 2.66. The Bertz CT molecular complexity index is 516. The molecule has 1 aliphatic heterocycles. The third-order valence-electron chi connectivity index (χ3n) is 2.96. The Morgan fingerprint density at radius 3 is 2.35 bits per heavy atom. The molecule has 112 valence electrons. The van der Waals surface area contributed by atoms with Crippen molar-refractivity contribution in [2.45, 2.75) is 24.0 Å². The van der Waals surface area contributed by atoms with Crippen LogP contribution in [0.5, 0.6) is 0 Å². The summed E-state index contributed by atoms with van der Waals surface area (Å²) in [5, 5.41) is 8.88. The van der Waals surface area contributed by atoms with Crippen LogP contribution in [0, 0.1) is 6.92 Å². The minimum Gasteiger partial charge on any atom is -0.394 e. The van der Waals surface area contributed by atoms with E-state index in [4.69, 9.17) is 18.8 Å².